The first kappa shape index (κ1) is 13.5. The predicted molar refractivity (Wildman–Crippen MR) is 71.4 cm³/mol. The highest BCUT2D eigenvalue weighted by atomic mass is 16.1. The van der Waals surface area contributed by atoms with Crippen molar-refractivity contribution in [2.24, 2.45) is 5.73 Å². The van der Waals surface area contributed by atoms with Gasteiger partial charge in [-0.3, -0.25) is 4.79 Å². The molecule has 0 spiro atoms. The van der Waals surface area contributed by atoms with Gasteiger partial charge in [-0.25, -0.2) is 0 Å². The van der Waals surface area contributed by atoms with Gasteiger partial charge in [0.2, 0.25) is 0 Å². The Kier molecular flexibility index (Phi) is 4.97. The van der Waals surface area contributed by atoms with Gasteiger partial charge < -0.3 is 16.0 Å². The number of hydrogen-bond acceptors (Lipinski definition) is 3. The van der Waals surface area contributed by atoms with Crippen LogP contribution in [0.1, 0.15) is 23.7 Å². The first-order valence-corrected chi connectivity index (χ1v) is 5.85. The van der Waals surface area contributed by atoms with Crippen molar-refractivity contribution in [3.63, 3.8) is 0 Å². The molecule has 4 heteroatoms. The van der Waals surface area contributed by atoms with Crippen LogP contribution in [0.2, 0.25) is 0 Å². The van der Waals surface area contributed by atoms with Gasteiger partial charge in [0.1, 0.15) is 0 Å². The van der Waals surface area contributed by atoms with Crippen LogP contribution >= 0.6 is 0 Å². The Morgan fingerprint density at radius 2 is 1.94 bits per heavy atom. The molecule has 1 amide bonds. The highest BCUT2D eigenvalue weighted by molar-refractivity contribution is 5.94. The van der Waals surface area contributed by atoms with Crippen LogP contribution in [0, 0.1) is 0 Å². The van der Waals surface area contributed by atoms with E-state index in [1.807, 2.05) is 50.2 Å². The van der Waals surface area contributed by atoms with E-state index < -0.39 is 0 Å². The molecule has 3 N–H and O–H groups in total. The Hall–Kier alpha value is -1.55. The molecule has 0 bridgehead atoms. The molecule has 0 radical (unpaired) electrons. The van der Waals surface area contributed by atoms with Crippen molar-refractivity contribution in [2.75, 3.05) is 25.5 Å². The topological polar surface area (TPSA) is 58.4 Å². The molecule has 0 aromatic heterocycles. The molecule has 4 nitrogen and oxygen atoms in total. The molecule has 0 saturated carbocycles. The van der Waals surface area contributed by atoms with Crippen molar-refractivity contribution in [1.82, 2.24) is 5.32 Å². The van der Waals surface area contributed by atoms with Crippen LogP contribution < -0.4 is 16.0 Å². The van der Waals surface area contributed by atoms with E-state index >= 15 is 0 Å². The molecule has 0 aliphatic carbocycles. The fraction of sp³-hybridized carbons (Fsp3) is 0.462. The molecule has 17 heavy (non-hydrogen) atoms. The lowest BCUT2D eigenvalue weighted by Gasteiger charge is -2.13. The standard InChI is InChI=1S/C13H21N3O/c1-4-11(14)9-15-13(17)10-5-7-12(8-6-10)16(2)3/h5-8,11H,4,9,14H2,1-3H3,(H,15,17). The number of carbonyl (C=O) groups is 1. The summed E-state index contributed by atoms with van der Waals surface area (Å²) in [7, 11) is 3.94. The third kappa shape index (κ3) is 4.07. The van der Waals surface area contributed by atoms with Crippen molar-refractivity contribution >= 4 is 11.6 Å². The second-order valence-electron chi connectivity index (χ2n) is 4.32. The summed E-state index contributed by atoms with van der Waals surface area (Å²) in [6.07, 6.45) is 0.861. The number of amides is 1. The maximum absolute atomic E-state index is 11.8. The molecular weight excluding hydrogens is 214 g/mol. The minimum absolute atomic E-state index is 0.0278. The van der Waals surface area contributed by atoms with E-state index in [4.69, 9.17) is 5.73 Å². The lowest BCUT2D eigenvalue weighted by Crippen LogP contribution is -2.36. The first-order valence-electron chi connectivity index (χ1n) is 5.85. The van der Waals surface area contributed by atoms with Crippen molar-refractivity contribution in [1.29, 1.82) is 0 Å². The fourth-order valence-corrected chi connectivity index (χ4v) is 1.38. The molecule has 1 atom stereocenters. The van der Waals surface area contributed by atoms with Gasteiger partial charge in [0.15, 0.2) is 0 Å². The molecule has 0 saturated heterocycles. The molecule has 0 aliphatic rings. The van der Waals surface area contributed by atoms with Crippen LogP contribution in [0.4, 0.5) is 5.69 Å². The Morgan fingerprint density at radius 3 is 2.41 bits per heavy atom. The van der Waals surface area contributed by atoms with E-state index in [1.165, 1.54) is 0 Å². The summed E-state index contributed by atoms with van der Waals surface area (Å²) in [5, 5.41) is 2.82. The van der Waals surface area contributed by atoms with Crippen LogP contribution in [-0.4, -0.2) is 32.6 Å². The minimum atomic E-state index is -0.0702. The summed E-state index contributed by atoms with van der Waals surface area (Å²) in [5.41, 5.74) is 7.48. The maximum Gasteiger partial charge on any atom is 0.251 e. The Balaban J connectivity index is 2.58. The average molecular weight is 235 g/mol. The number of benzene rings is 1. The van der Waals surface area contributed by atoms with Crippen LogP contribution in [0.3, 0.4) is 0 Å². The van der Waals surface area contributed by atoms with Crippen molar-refractivity contribution in [2.45, 2.75) is 19.4 Å². The van der Waals surface area contributed by atoms with Gasteiger partial charge in [-0.05, 0) is 30.7 Å². The second kappa shape index (κ2) is 6.25. The molecule has 1 unspecified atom stereocenters. The van der Waals surface area contributed by atoms with Gasteiger partial charge in [0.25, 0.3) is 5.91 Å². The molecule has 1 rings (SSSR count). The zero-order valence-electron chi connectivity index (χ0n) is 10.7. The normalized spacial score (nSPS) is 12.0. The van der Waals surface area contributed by atoms with Crippen LogP contribution in [0.25, 0.3) is 0 Å². The van der Waals surface area contributed by atoms with E-state index in [2.05, 4.69) is 5.32 Å². The van der Waals surface area contributed by atoms with Gasteiger partial charge in [-0.15, -0.1) is 0 Å². The smallest absolute Gasteiger partial charge is 0.251 e. The van der Waals surface area contributed by atoms with E-state index in [1.54, 1.807) is 0 Å². The number of hydrogen-bond donors (Lipinski definition) is 2. The summed E-state index contributed by atoms with van der Waals surface area (Å²) in [5.74, 6) is -0.0702. The third-order valence-electron chi connectivity index (χ3n) is 2.70. The highest BCUT2D eigenvalue weighted by Gasteiger charge is 2.07. The van der Waals surface area contributed by atoms with E-state index in [0.717, 1.165) is 12.1 Å². The summed E-state index contributed by atoms with van der Waals surface area (Å²) in [4.78, 5) is 13.8. The van der Waals surface area contributed by atoms with E-state index in [9.17, 15) is 4.79 Å². The lowest BCUT2D eigenvalue weighted by molar-refractivity contribution is 0.0951. The van der Waals surface area contributed by atoms with Crippen molar-refractivity contribution in [3.05, 3.63) is 29.8 Å². The Bertz CT molecular complexity index is 359. The summed E-state index contributed by atoms with van der Waals surface area (Å²) >= 11 is 0. The van der Waals surface area contributed by atoms with Crippen molar-refractivity contribution < 1.29 is 4.79 Å². The Labute approximate surface area is 103 Å². The molecular formula is C13H21N3O. The summed E-state index contributed by atoms with van der Waals surface area (Å²) < 4.78 is 0. The highest BCUT2D eigenvalue weighted by Crippen LogP contribution is 2.11. The number of carbonyl (C=O) groups excluding carboxylic acids is 1. The van der Waals surface area contributed by atoms with E-state index in [0.29, 0.717) is 12.1 Å². The number of nitrogens with two attached hydrogens (primary N) is 1. The molecule has 1 aromatic carbocycles. The van der Waals surface area contributed by atoms with Crippen molar-refractivity contribution in [3.8, 4) is 0 Å². The fourth-order valence-electron chi connectivity index (χ4n) is 1.38. The number of nitrogens with zero attached hydrogens (tertiary/aromatic N) is 1. The third-order valence-corrected chi connectivity index (χ3v) is 2.70. The average Bonchev–Trinajstić information content (AvgIpc) is 2.35. The lowest BCUT2D eigenvalue weighted by atomic mass is 10.1. The van der Waals surface area contributed by atoms with Crippen LogP contribution in [-0.2, 0) is 0 Å². The molecule has 1 aromatic rings. The number of anilines is 1. The maximum atomic E-state index is 11.8. The van der Waals surface area contributed by atoms with Gasteiger partial charge in [0.05, 0.1) is 0 Å². The molecule has 0 aliphatic heterocycles. The molecule has 0 fully saturated rings. The van der Waals surface area contributed by atoms with Crippen LogP contribution in [0.15, 0.2) is 24.3 Å². The first-order chi connectivity index (χ1) is 8.04. The number of rotatable bonds is 5. The van der Waals surface area contributed by atoms with Gasteiger partial charge >= 0.3 is 0 Å². The summed E-state index contributed by atoms with van der Waals surface area (Å²) in [6, 6.07) is 7.52. The Morgan fingerprint density at radius 1 is 1.35 bits per heavy atom. The SMILES string of the molecule is CCC(N)CNC(=O)c1ccc(N(C)C)cc1. The monoisotopic (exact) mass is 235 g/mol. The number of nitrogens with one attached hydrogen (secondary N) is 1. The molecule has 0 heterocycles. The second-order valence-corrected chi connectivity index (χ2v) is 4.32. The van der Waals surface area contributed by atoms with Crippen LogP contribution in [0.5, 0.6) is 0 Å². The summed E-state index contributed by atoms with van der Waals surface area (Å²) in [6.45, 7) is 2.52. The predicted octanol–water partition coefficient (Wildman–Crippen LogP) is 1.22. The molecule has 94 valence electrons. The van der Waals surface area contributed by atoms with Gasteiger partial charge in [-0.1, -0.05) is 6.92 Å². The zero-order chi connectivity index (χ0) is 12.8. The van der Waals surface area contributed by atoms with Gasteiger partial charge in [0, 0.05) is 37.9 Å². The largest absolute Gasteiger partial charge is 0.378 e. The quantitative estimate of drug-likeness (QED) is 0.806. The zero-order valence-corrected chi connectivity index (χ0v) is 10.7. The minimum Gasteiger partial charge on any atom is -0.378 e. The van der Waals surface area contributed by atoms with Gasteiger partial charge in [-0.2, -0.15) is 0 Å². The van der Waals surface area contributed by atoms with E-state index in [-0.39, 0.29) is 11.9 Å².